The Hall–Kier alpha value is -0.650. The fraction of sp³-hybridized carbons (Fsp3) is 0.625. The second kappa shape index (κ2) is 4.79. The van der Waals surface area contributed by atoms with Crippen LogP contribution in [0.3, 0.4) is 0 Å². The van der Waals surface area contributed by atoms with E-state index in [0.29, 0.717) is 0 Å². The summed E-state index contributed by atoms with van der Waals surface area (Å²) in [6, 6.07) is 4.24. The Bertz CT molecular complexity index is 434. The SMILES string of the molecule is [B]c1cc(C)cc(C(C)(C)C)c1C([B])C(C)(C)C. The average Bonchev–Trinajstić information content (AvgIpc) is 2.12. The molecule has 94 valence electrons. The smallest absolute Gasteiger partial charge is 0.0934 e. The highest BCUT2D eigenvalue weighted by molar-refractivity contribution is 6.34. The van der Waals surface area contributed by atoms with Gasteiger partial charge in [-0.15, -0.1) is 0 Å². The lowest BCUT2D eigenvalue weighted by atomic mass is 9.59. The molecule has 0 aromatic heterocycles. The molecular formula is C16H24B2. The van der Waals surface area contributed by atoms with Crippen LogP contribution in [0.25, 0.3) is 0 Å². The number of benzene rings is 1. The molecule has 0 aliphatic rings. The normalized spacial score (nSPS) is 14.6. The topological polar surface area (TPSA) is 0 Å². The second-order valence-electron chi connectivity index (χ2n) is 7.41. The van der Waals surface area contributed by atoms with Gasteiger partial charge in [0.2, 0.25) is 0 Å². The number of hydrogen-bond acceptors (Lipinski definition) is 0. The van der Waals surface area contributed by atoms with E-state index >= 15 is 0 Å². The molecular weight excluding hydrogens is 214 g/mol. The van der Waals surface area contributed by atoms with E-state index in [4.69, 9.17) is 15.7 Å². The first-order valence-electron chi connectivity index (χ1n) is 6.60. The van der Waals surface area contributed by atoms with Crippen LogP contribution < -0.4 is 5.46 Å². The van der Waals surface area contributed by atoms with Crippen LogP contribution >= 0.6 is 0 Å². The van der Waals surface area contributed by atoms with Crippen LogP contribution in [0.5, 0.6) is 0 Å². The minimum atomic E-state index is -0.0488. The van der Waals surface area contributed by atoms with Crippen molar-refractivity contribution >= 4 is 21.2 Å². The molecule has 4 radical (unpaired) electrons. The van der Waals surface area contributed by atoms with Gasteiger partial charge >= 0.3 is 0 Å². The Balaban J connectivity index is 3.52. The highest BCUT2D eigenvalue weighted by Crippen LogP contribution is 2.37. The van der Waals surface area contributed by atoms with E-state index in [1.54, 1.807) is 0 Å². The lowest BCUT2D eigenvalue weighted by Crippen LogP contribution is -2.30. The molecule has 18 heavy (non-hydrogen) atoms. The van der Waals surface area contributed by atoms with Crippen molar-refractivity contribution in [3.8, 4) is 0 Å². The first-order chi connectivity index (χ1) is 7.94. The van der Waals surface area contributed by atoms with Crippen molar-refractivity contribution < 1.29 is 0 Å². The van der Waals surface area contributed by atoms with Crippen molar-refractivity contribution in [1.82, 2.24) is 0 Å². The first-order valence-corrected chi connectivity index (χ1v) is 6.60. The van der Waals surface area contributed by atoms with Gasteiger partial charge in [-0.2, -0.15) is 0 Å². The average molecular weight is 238 g/mol. The summed E-state index contributed by atoms with van der Waals surface area (Å²) in [5, 5.41) is 0. The largest absolute Gasteiger partial charge is 0.114 e. The standard InChI is InChI=1S/C16H24B2/c1-10-8-11(15(2,3)4)13(12(17)9-10)14(18)16(5,6)7/h8-9,14H,1-7H3. The maximum atomic E-state index is 6.44. The van der Waals surface area contributed by atoms with Gasteiger partial charge in [-0.1, -0.05) is 70.3 Å². The van der Waals surface area contributed by atoms with E-state index in [1.165, 1.54) is 11.1 Å². The zero-order valence-electron chi connectivity index (χ0n) is 12.9. The van der Waals surface area contributed by atoms with Gasteiger partial charge in [0.1, 0.15) is 7.85 Å². The zero-order valence-corrected chi connectivity index (χ0v) is 12.9. The van der Waals surface area contributed by atoms with Crippen LogP contribution in [0.4, 0.5) is 0 Å². The van der Waals surface area contributed by atoms with Crippen LogP contribution in [0.15, 0.2) is 12.1 Å². The van der Waals surface area contributed by atoms with Gasteiger partial charge < -0.3 is 0 Å². The third kappa shape index (κ3) is 3.22. The molecule has 0 saturated carbocycles. The van der Waals surface area contributed by atoms with E-state index < -0.39 is 0 Å². The Morgan fingerprint density at radius 2 is 1.50 bits per heavy atom. The Kier molecular flexibility index (Phi) is 4.10. The molecule has 0 bridgehead atoms. The monoisotopic (exact) mass is 238 g/mol. The highest BCUT2D eigenvalue weighted by Gasteiger charge is 2.28. The first kappa shape index (κ1) is 15.4. The molecule has 0 amide bonds. The molecule has 1 rings (SSSR count). The predicted octanol–water partition coefficient (Wildman–Crippen LogP) is 3.34. The zero-order chi connectivity index (χ0) is 14.3. The Morgan fingerprint density at radius 1 is 1.00 bits per heavy atom. The molecule has 0 N–H and O–H groups in total. The van der Waals surface area contributed by atoms with Crippen LogP contribution in [-0.2, 0) is 5.41 Å². The van der Waals surface area contributed by atoms with Gasteiger partial charge in [-0.25, -0.2) is 0 Å². The van der Waals surface area contributed by atoms with E-state index in [9.17, 15) is 0 Å². The van der Waals surface area contributed by atoms with E-state index in [2.05, 4.69) is 54.5 Å². The Morgan fingerprint density at radius 3 is 1.89 bits per heavy atom. The predicted molar refractivity (Wildman–Crippen MR) is 83.2 cm³/mol. The van der Waals surface area contributed by atoms with E-state index in [0.717, 1.165) is 11.0 Å². The summed E-state index contributed by atoms with van der Waals surface area (Å²) in [5.41, 5.74) is 4.45. The van der Waals surface area contributed by atoms with Crippen LogP contribution in [-0.4, -0.2) is 15.7 Å². The summed E-state index contributed by atoms with van der Waals surface area (Å²) in [6.45, 7) is 15.2. The molecule has 1 atom stereocenters. The van der Waals surface area contributed by atoms with Crippen LogP contribution in [0.2, 0.25) is 0 Å². The van der Waals surface area contributed by atoms with Gasteiger partial charge in [0.15, 0.2) is 0 Å². The molecule has 0 heterocycles. The van der Waals surface area contributed by atoms with Gasteiger partial charge in [0.05, 0.1) is 7.85 Å². The summed E-state index contributed by atoms with van der Waals surface area (Å²) < 4.78 is 0. The van der Waals surface area contributed by atoms with E-state index in [1.807, 2.05) is 6.07 Å². The molecule has 0 aliphatic heterocycles. The Labute approximate surface area is 115 Å². The third-order valence-electron chi connectivity index (χ3n) is 3.41. The molecule has 0 nitrogen and oxygen atoms in total. The maximum Gasteiger partial charge on any atom is 0.114 e. The van der Waals surface area contributed by atoms with Crippen LogP contribution in [0.1, 0.15) is 64.1 Å². The molecule has 0 spiro atoms. The second-order valence-corrected chi connectivity index (χ2v) is 7.41. The van der Waals surface area contributed by atoms with Crippen molar-refractivity contribution in [3.05, 3.63) is 28.8 Å². The number of aryl methyl sites for hydroxylation is 1. The molecule has 1 aromatic rings. The van der Waals surface area contributed by atoms with Crippen molar-refractivity contribution in [2.75, 3.05) is 0 Å². The van der Waals surface area contributed by atoms with Crippen molar-refractivity contribution in [2.24, 2.45) is 5.41 Å². The fourth-order valence-electron chi connectivity index (χ4n) is 2.23. The number of hydrogen-bond donors (Lipinski definition) is 0. The lowest BCUT2D eigenvalue weighted by Gasteiger charge is -2.35. The number of rotatable bonds is 1. The molecule has 0 fully saturated rings. The lowest BCUT2D eigenvalue weighted by molar-refractivity contribution is 0.391. The van der Waals surface area contributed by atoms with Crippen molar-refractivity contribution in [2.45, 2.75) is 59.7 Å². The van der Waals surface area contributed by atoms with Gasteiger partial charge in [-0.05, 0) is 29.1 Å². The van der Waals surface area contributed by atoms with Gasteiger partial charge in [0, 0.05) is 0 Å². The minimum Gasteiger partial charge on any atom is -0.0934 e. The molecule has 1 unspecified atom stereocenters. The molecule has 0 saturated heterocycles. The molecule has 2 heteroatoms. The van der Waals surface area contributed by atoms with Crippen LogP contribution in [0, 0.1) is 12.3 Å². The summed E-state index contributed by atoms with van der Waals surface area (Å²) >= 11 is 0. The highest BCUT2D eigenvalue weighted by atomic mass is 14.3. The van der Waals surface area contributed by atoms with Crippen molar-refractivity contribution in [1.29, 1.82) is 0 Å². The maximum absolute atomic E-state index is 6.44. The fourth-order valence-corrected chi connectivity index (χ4v) is 2.23. The van der Waals surface area contributed by atoms with E-state index in [-0.39, 0.29) is 16.6 Å². The van der Waals surface area contributed by atoms with Gasteiger partial charge in [-0.3, -0.25) is 0 Å². The summed E-state index contributed by atoms with van der Waals surface area (Å²) in [5.74, 6) is -0.0488. The molecule has 1 aromatic carbocycles. The minimum absolute atomic E-state index is 0.00335. The third-order valence-corrected chi connectivity index (χ3v) is 3.41. The summed E-state index contributed by atoms with van der Waals surface area (Å²) in [4.78, 5) is 0. The summed E-state index contributed by atoms with van der Waals surface area (Å²) in [6.07, 6.45) is 0. The van der Waals surface area contributed by atoms with Crippen molar-refractivity contribution in [3.63, 3.8) is 0 Å². The quantitative estimate of drug-likeness (QED) is 0.658. The summed E-state index contributed by atoms with van der Waals surface area (Å²) in [7, 11) is 12.7. The molecule has 0 aliphatic carbocycles. The van der Waals surface area contributed by atoms with Gasteiger partial charge in [0.25, 0.3) is 0 Å².